The number of hydrogen-bond donors (Lipinski definition) is 2. The van der Waals surface area contributed by atoms with Gasteiger partial charge in [-0.3, -0.25) is 9.59 Å². The molecule has 4 nitrogen and oxygen atoms in total. The molecule has 1 aliphatic rings. The molecular formula is C18H20N2O2. The van der Waals surface area contributed by atoms with Crippen molar-refractivity contribution < 1.29 is 4.79 Å². The van der Waals surface area contributed by atoms with Gasteiger partial charge < -0.3 is 10.3 Å². The number of nitrogens with one attached hydrogen (secondary N) is 2. The minimum absolute atomic E-state index is 0.201. The lowest BCUT2D eigenvalue weighted by atomic mass is 9.95. The third-order valence-corrected chi connectivity index (χ3v) is 4.23. The van der Waals surface area contributed by atoms with Crippen LogP contribution < -0.4 is 10.9 Å². The van der Waals surface area contributed by atoms with Crippen molar-refractivity contribution in [1.82, 2.24) is 4.98 Å². The number of benzene rings is 1. The van der Waals surface area contributed by atoms with E-state index in [1.165, 1.54) is 0 Å². The molecule has 0 atom stereocenters. The fourth-order valence-corrected chi connectivity index (χ4v) is 2.98. The van der Waals surface area contributed by atoms with Crippen LogP contribution >= 0.6 is 0 Å². The maximum Gasteiger partial charge on any atom is 0.261 e. The van der Waals surface area contributed by atoms with E-state index < -0.39 is 0 Å². The Labute approximate surface area is 129 Å². The second kappa shape index (κ2) is 6.18. The van der Waals surface area contributed by atoms with Crippen molar-refractivity contribution in [3.63, 3.8) is 0 Å². The Balaban J connectivity index is 1.91. The van der Waals surface area contributed by atoms with Gasteiger partial charge in [0.1, 0.15) is 5.56 Å². The van der Waals surface area contributed by atoms with Crippen molar-refractivity contribution in [2.45, 2.75) is 39.0 Å². The minimum atomic E-state index is -0.337. The third-order valence-electron chi connectivity index (χ3n) is 4.23. The first kappa shape index (κ1) is 14.6. The lowest BCUT2D eigenvalue weighted by molar-refractivity contribution is 0.102. The van der Waals surface area contributed by atoms with E-state index in [2.05, 4.69) is 10.3 Å². The van der Waals surface area contributed by atoms with Gasteiger partial charge in [-0.1, -0.05) is 25.1 Å². The molecule has 0 aliphatic heterocycles. The lowest BCUT2D eigenvalue weighted by Gasteiger charge is -2.16. The molecule has 0 radical (unpaired) electrons. The Morgan fingerprint density at radius 3 is 2.82 bits per heavy atom. The summed E-state index contributed by atoms with van der Waals surface area (Å²) in [5, 5.41) is 2.87. The van der Waals surface area contributed by atoms with Crippen LogP contribution in [0.25, 0.3) is 0 Å². The molecule has 0 fully saturated rings. The summed E-state index contributed by atoms with van der Waals surface area (Å²) in [5.41, 5.74) is 3.82. The molecule has 0 saturated carbocycles. The van der Waals surface area contributed by atoms with Crippen LogP contribution in [0.3, 0.4) is 0 Å². The Bertz CT molecular complexity index is 762. The highest BCUT2D eigenvalue weighted by Gasteiger charge is 2.17. The number of carbonyl (C=O) groups is 1. The molecule has 1 amide bonds. The zero-order chi connectivity index (χ0) is 15.5. The Kier molecular flexibility index (Phi) is 4.09. The summed E-state index contributed by atoms with van der Waals surface area (Å²) in [6.07, 6.45) is 4.86. The fraction of sp³-hybridized carbons (Fsp3) is 0.333. The number of anilines is 1. The van der Waals surface area contributed by atoms with E-state index in [4.69, 9.17) is 0 Å². The summed E-state index contributed by atoms with van der Waals surface area (Å²) in [4.78, 5) is 27.5. The van der Waals surface area contributed by atoms with Crippen LogP contribution in [0.15, 0.2) is 35.1 Å². The van der Waals surface area contributed by atoms with Gasteiger partial charge in [0.2, 0.25) is 0 Å². The van der Waals surface area contributed by atoms with Gasteiger partial charge >= 0.3 is 0 Å². The van der Waals surface area contributed by atoms with Gasteiger partial charge in [0.05, 0.1) is 0 Å². The van der Waals surface area contributed by atoms with Crippen molar-refractivity contribution in [2.75, 3.05) is 5.32 Å². The number of aryl methyl sites for hydroxylation is 3. The largest absolute Gasteiger partial charge is 0.325 e. The van der Waals surface area contributed by atoms with Crippen molar-refractivity contribution >= 4 is 11.6 Å². The van der Waals surface area contributed by atoms with Crippen molar-refractivity contribution in [2.24, 2.45) is 0 Å². The van der Waals surface area contributed by atoms with Crippen molar-refractivity contribution in [3.05, 3.63) is 63.1 Å². The molecule has 1 heterocycles. The highest BCUT2D eigenvalue weighted by Crippen LogP contribution is 2.20. The predicted molar refractivity (Wildman–Crippen MR) is 87.5 cm³/mol. The summed E-state index contributed by atoms with van der Waals surface area (Å²) in [5.74, 6) is -0.337. The molecule has 0 unspecified atom stereocenters. The number of rotatable bonds is 3. The molecule has 114 valence electrons. The SMILES string of the molecule is CCc1ccccc1NC(=O)c1cc2c([nH]c1=O)CCCC2. The highest BCUT2D eigenvalue weighted by atomic mass is 16.2. The van der Waals surface area contributed by atoms with Crippen LogP contribution in [-0.4, -0.2) is 10.9 Å². The third kappa shape index (κ3) is 2.82. The topological polar surface area (TPSA) is 62.0 Å². The summed E-state index contributed by atoms with van der Waals surface area (Å²) < 4.78 is 0. The first-order valence-electron chi connectivity index (χ1n) is 7.83. The number of aromatic nitrogens is 1. The van der Waals surface area contributed by atoms with Gasteiger partial charge in [-0.2, -0.15) is 0 Å². The summed E-state index contributed by atoms with van der Waals surface area (Å²) in [7, 11) is 0. The molecule has 2 aromatic rings. The van der Waals surface area contributed by atoms with Crippen LogP contribution in [0.5, 0.6) is 0 Å². The van der Waals surface area contributed by atoms with E-state index >= 15 is 0 Å². The van der Waals surface area contributed by atoms with E-state index in [1.54, 1.807) is 6.07 Å². The lowest BCUT2D eigenvalue weighted by Crippen LogP contribution is -2.26. The number of carbonyl (C=O) groups excluding carboxylic acids is 1. The molecule has 3 rings (SSSR count). The highest BCUT2D eigenvalue weighted by molar-refractivity contribution is 6.04. The number of aromatic amines is 1. The average molecular weight is 296 g/mol. The molecular weight excluding hydrogens is 276 g/mol. The van der Waals surface area contributed by atoms with Crippen LogP contribution in [-0.2, 0) is 19.3 Å². The zero-order valence-electron chi connectivity index (χ0n) is 12.7. The fourth-order valence-electron chi connectivity index (χ4n) is 2.98. The summed E-state index contributed by atoms with van der Waals surface area (Å²) >= 11 is 0. The van der Waals surface area contributed by atoms with Gasteiger partial charge in [0.25, 0.3) is 11.5 Å². The molecule has 2 N–H and O–H groups in total. The first-order valence-corrected chi connectivity index (χ1v) is 7.83. The Morgan fingerprint density at radius 2 is 2.00 bits per heavy atom. The van der Waals surface area contributed by atoms with Crippen LogP contribution in [0, 0.1) is 0 Å². The number of H-pyrrole nitrogens is 1. The van der Waals surface area contributed by atoms with E-state index in [0.717, 1.165) is 54.6 Å². The van der Waals surface area contributed by atoms with Gasteiger partial charge in [-0.25, -0.2) is 0 Å². The van der Waals surface area contributed by atoms with Crippen LogP contribution in [0.4, 0.5) is 5.69 Å². The first-order chi connectivity index (χ1) is 10.7. The van der Waals surface area contributed by atoms with E-state index in [-0.39, 0.29) is 17.0 Å². The molecule has 0 saturated heterocycles. The predicted octanol–water partition coefficient (Wildman–Crippen LogP) is 3.07. The number of fused-ring (bicyclic) bond motifs is 1. The standard InChI is InChI=1S/C18H20N2O2/c1-2-12-7-3-5-9-15(12)19-17(21)14-11-13-8-4-6-10-16(13)20-18(14)22/h3,5,7,9,11H,2,4,6,8,10H2,1H3,(H,19,21)(H,20,22). The van der Waals surface area contributed by atoms with Gasteiger partial charge in [-0.15, -0.1) is 0 Å². The Morgan fingerprint density at radius 1 is 1.23 bits per heavy atom. The van der Waals surface area contributed by atoms with E-state index in [0.29, 0.717) is 0 Å². The van der Waals surface area contributed by atoms with Crippen molar-refractivity contribution in [1.29, 1.82) is 0 Å². The monoisotopic (exact) mass is 296 g/mol. The maximum atomic E-state index is 12.5. The number of pyridine rings is 1. The number of para-hydroxylation sites is 1. The quantitative estimate of drug-likeness (QED) is 0.914. The van der Waals surface area contributed by atoms with Crippen molar-refractivity contribution in [3.8, 4) is 0 Å². The molecule has 1 aromatic heterocycles. The minimum Gasteiger partial charge on any atom is -0.325 e. The number of hydrogen-bond acceptors (Lipinski definition) is 2. The van der Waals surface area contributed by atoms with E-state index in [1.807, 2.05) is 31.2 Å². The van der Waals surface area contributed by atoms with Crippen LogP contribution in [0.2, 0.25) is 0 Å². The summed E-state index contributed by atoms with van der Waals surface area (Å²) in [6, 6.07) is 9.43. The smallest absolute Gasteiger partial charge is 0.261 e. The van der Waals surface area contributed by atoms with Gasteiger partial charge in [-0.05, 0) is 55.4 Å². The van der Waals surface area contributed by atoms with Gasteiger partial charge in [0.15, 0.2) is 0 Å². The molecule has 0 spiro atoms. The molecule has 4 heteroatoms. The normalized spacial score (nSPS) is 13.5. The zero-order valence-corrected chi connectivity index (χ0v) is 12.7. The second-order valence-corrected chi connectivity index (χ2v) is 5.69. The van der Waals surface area contributed by atoms with Crippen LogP contribution in [0.1, 0.15) is 46.9 Å². The maximum absolute atomic E-state index is 12.5. The summed E-state index contributed by atoms with van der Waals surface area (Å²) in [6.45, 7) is 2.04. The number of amides is 1. The molecule has 1 aliphatic carbocycles. The molecule has 0 bridgehead atoms. The average Bonchev–Trinajstić information content (AvgIpc) is 2.54. The van der Waals surface area contributed by atoms with Gasteiger partial charge in [0, 0.05) is 11.4 Å². The molecule has 22 heavy (non-hydrogen) atoms. The second-order valence-electron chi connectivity index (χ2n) is 5.69. The van der Waals surface area contributed by atoms with E-state index in [9.17, 15) is 9.59 Å². The molecule has 1 aromatic carbocycles. The Hall–Kier alpha value is -2.36.